The molecule has 0 spiro atoms. The van der Waals surface area contributed by atoms with E-state index in [9.17, 15) is 9.59 Å². The van der Waals surface area contributed by atoms with Gasteiger partial charge in [0.15, 0.2) is 11.6 Å². The van der Waals surface area contributed by atoms with Crippen molar-refractivity contribution in [1.29, 1.82) is 0 Å². The molecule has 69 heavy (non-hydrogen) atoms. The van der Waals surface area contributed by atoms with Crippen LogP contribution < -0.4 is 31.8 Å². The van der Waals surface area contributed by atoms with Crippen molar-refractivity contribution in [3.8, 4) is 0 Å². The molecule has 0 radical (unpaired) electrons. The van der Waals surface area contributed by atoms with Crippen molar-refractivity contribution in [2.75, 3.05) is 13.2 Å². The van der Waals surface area contributed by atoms with Gasteiger partial charge in [-0.25, -0.2) is 0 Å². The Balaban J connectivity index is 0.000000183. The number of hydrogen-bond acceptors (Lipinski definition) is 4. The van der Waals surface area contributed by atoms with E-state index < -0.39 is 14.5 Å². The molecule has 0 unspecified atom stereocenters. The van der Waals surface area contributed by atoms with Crippen molar-refractivity contribution in [3.63, 3.8) is 0 Å². The third-order valence-corrected chi connectivity index (χ3v) is 22.4. The molecule has 0 aromatic heterocycles. The summed E-state index contributed by atoms with van der Waals surface area (Å²) >= 11 is 0. The largest absolute Gasteiger partial charge is 0.494 e. The Labute approximate surface area is 420 Å². The fraction of sp³-hybridized carbons (Fsp3) is 0.194. The Morgan fingerprint density at radius 3 is 0.913 bits per heavy atom. The maximum absolute atomic E-state index is 12.2. The standard InChI is InChI=1S/2C31H30O2P.BrH/c2*32-29-20-11-10-13-25(29)23-24-33-30-21-12-22-31(30)34(26-14-4-1-5-15-26,27-16-6-2-7-17-27)28-18-8-3-9-19-28;/h2*1-11,13-19H,12,20-24H2;1H/q2*+1;. The second kappa shape index (κ2) is 24.0. The molecule has 0 amide bonds. The smallest absolute Gasteiger partial charge is 0.162 e. The van der Waals surface area contributed by atoms with Gasteiger partial charge in [-0.15, -0.1) is 17.0 Å². The van der Waals surface area contributed by atoms with Crippen molar-refractivity contribution in [1.82, 2.24) is 0 Å². The molecular formula is C62H61BrO4P2+2. The zero-order valence-corrected chi connectivity index (χ0v) is 42.7. The fourth-order valence-corrected chi connectivity index (χ4v) is 19.8. The van der Waals surface area contributed by atoms with Gasteiger partial charge in [-0.2, -0.15) is 0 Å². The lowest BCUT2D eigenvalue weighted by Crippen LogP contribution is -2.32. The zero-order chi connectivity index (χ0) is 46.4. The summed E-state index contributed by atoms with van der Waals surface area (Å²) in [6.45, 7) is 1.09. The summed E-state index contributed by atoms with van der Waals surface area (Å²) in [5.41, 5.74) is 1.75. The molecule has 4 nitrogen and oxygen atoms in total. The Bertz CT molecular complexity index is 2460. The Hall–Kier alpha value is -5.96. The van der Waals surface area contributed by atoms with E-state index in [4.69, 9.17) is 9.47 Å². The minimum atomic E-state index is -2.08. The van der Waals surface area contributed by atoms with Crippen LogP contribution in [0.4, 0.5) is 0 Å². The molecule has 6 aromatic rings. The van der Waals surface area contributed by atoms with E-state index in [1.165, 1.54) is 42.5 Å². The lowest BCUT2D eigenvalue weighted by atomic mass is 10.0. The van der Waals surface area contributed by atoms with Gasteiger partial charge >= 0.3 is 0 Å². The third-order valence-electron chi connectivity index (χ3n) is 13.4. The third kappa shape index (κ3) is 10.8. The number of hydrogen-bond donors (Lipinski definition) is 0. The minimum Gasteiger partial charge on any atom is -0.494 e. The van der Waals surface area contributed by atoms with Crippen molar-refractivity contribution in [3.05, 3.63) is 252 Å². The van der Waals surface area contributed by atoms with Crippen molar-refractivity contribution < 1.29 is 19.1 Å². The van der Waals surface area contributed by atoms with Gasteiger partial charge in [-0.1, -0.05) is 146 Å². The van der Waals surface area contributed by atoms with E-state index >= 15 is 0 Å². The summed E-state index contributed by atoms with van der Waals surface area (Å²) in [6, 6.07) is 65.8. The van der Waals surface area contributed by atoms with Crippen LogP contribution in [0.3, 0.4) is 0 Å². The number of allylic oxidation sites excluding steroid dienone is 10. The fourth-order valence-electron chi connectivity index (χ4n) is 10.3. The Morgan fingerprint density at radius 2 is 0.652 bits per heavy atom. The van der Waals surface area contributed by atoms with E-state index in [1.54, 1.807) is 0 Å². The van der Waals surface area contributed by atoms with E-state index in [1.807, 2.05) is 36.5 Å². The quantitative estimate of drug-likeness (QED) is 0.0907. The minimum absolute atomic E-state index is 0. The maximum atomic E-state index is 12.2. The van der Waals surface area contributed by atoms with Crippen molar-refractivity contribution in [2.24, 2.45) is 0 Å². The highest BCUT2D eigenvalue weighted by molar-refractivity contribution is 8.93. The second-order valence-corrected chi connectivity index (χ2v) is 24.4. The first-order valence-electron chi connectivity index (χ1n) is 24.2. The van der Waals surface area contributed by atoms with Gasteiger partial charge in [0.05, 0.1) is 13.2 Å². The zero-order valence-electron chi connectivity index (χ0n) is 39.2. The van der Waals surface area contributed by atoms with Crippen LogP contribution in [0.2, 0.25) is 0 Å². The molecule has 0 bridgehead atoms. The van der Waals surface area contributed by atoms with Crippen LogP contribution in [0.25, 0.3) is 0 Å². The van der Waals surface area contributed by atoms with E-state index in [-0.39, 0.29) is 28.5 Å². The summed E-state index contributed by atoms with van der Waals surface area (Å²) in [6.07, 6.45) is 20.2. The maximum Gasteiger partial charge on any atom is 0.162 e. The van der Waals surface area contributed by atoms with Crippen LogP contribution in [-0.2, 0) is 19.1 Å². The molecule has 0 N–H and O–H groups in total. The van der Waals surface area contributed by atoms with Gasteiger partial charge in [-0.3, -0.25) is 9.59 Å². The van der Waals surface area contributed by atoms with Gasteiger partial charge in [0.25, 0.3) is 0 Å². The topological polar surface area (TPSA) is 52.6 Å². The van der Waals surface area contributed by atoms with E-state index in [2.05, 4.69) is 182 Å². The van der Waals surface area contributed by atoms with Gasteiger partial charge < -0.3 is 9.47 Å². The first kappa shape index (κ1) is 49.5. The van der Waals surface area contributed by atoms with Crippen LogP contribution in [0, 0.1) is 0 Å². The molecule has 4 aliphatic carbocycles. The molecule has 6 aromatic carbocycles. The summed E-state index contributed by atoms with van der Waals surface area (Å²) in [7, 11) is -4.16. The van der Waals surface area contributed by atoms with Crippen LogP contribution in [0.5, 0.6) is 0 Å². The first-order chi connectivity index (χ1) is 33.6. The number of ether oxygens (including phenoxy) is 2. The van der Waals surface area contributed by atoms with Crippen LogP contribution in [0.15, 0.2) is 252 Å². The average Bonchev–Trinajstić information content (AvgIpc) is 4.08. The van der Waals surface area contributed by atoms with Crippen LogP contribution in [0.1, 0.15) is 64.2 Å². The number of carbonyl (C=O) groups is 2. The molecule has 0 fully saturated rings. The molecule has 4 aliphatic rings. The number of halogens is 1. The summed E-state index contributed by atoms with van der Waals surface area (Å²) in [5, 5.41) is 11.1. The van der Waals surface area contributed by atoms with Crippen molar-refractivity contribution in [2.45, 2.75) is 64.2 Å². The highest BCUT2D eigenvalue weighted by Crippen LogP contribution is 2.68. The molecule has 348 valence electrons. The second-order valence-electron chi connectivity index (χ2n) is 17.5. The molecule has 0 atom stereocenters. The highest BCUT2D eigenvalue weighted by atomic mass is 79.9. The van der Waals surface area contributed by atoms with Gasteiger partial charge in [0.1, 0.15) is 68.5 Å². The highest BCUT2D eigenvalue weighted by Gasteiger charge is 2.53. The molecule has 0 saturated heterocycles. The normalized spacial score (nSPS) is 15.8. The molecular weight excluding hydrogens is 951 g/mol. The van der Waals surface area contributed by atoms with E-state index in [0.717, 1.165) is 61.2 Å². The average molecular weight is 1010 g/mol. The molecule has 0 heterocycles. The molecule has 10 rings (SSSR count). The predicted octanol–water partition coefficient (Wildman–Crippen LogP) is 13.1. The van der Waals surface area contributed by atoms with Crippen LogP contribution >= 0.6 is 31.5 Å². The Morgan fingerprint density at radius 1 is 0.377 bits per heavy atom. The number of Topliss-reactive ketones (excluding diaryl/α,β-unsaturated/α-hetero) is 2. The van der Waals surface area contributed by atoms with Gasteiger partial charge in [0, 0.05) is 51.4 Å². The summed E-state index contributed by atoms with van der Waals surface area (Å²) in [5.74, 6) is 2.69. The lowest BCUT2D eigenvalue weighted by Gasteiger charge is -2.29. The van der Waals surface area contributed by atoms with Crippen molar-refractivity contribution >= 4 is 74.9 Å². The lowest BCUT2D eigenvalue weighted by molar-refractivity contribution is -0.115. The van der Waals surface area contributed by atoms with Gasteiger partial charge in [-0.05, 0) is 96.8 Å². The molecule has 7 heteroatoms. The molecule has 0 aliphatic heterocycles. The number of rotatable bonds is 16. The molecule has 0 saturated carbocycles. The number of ketones is 2. The summed E-state index contributed by atoms with van der Waals surface area (Å²) in [4.78, 5) is 24.4. The van der Waals surface area contributed by atoms with Crippen LogP contribution in [-0.4, -0.2) is 24.8 Å². The predicted molar refractivity (Wildman–Crippen MR) is 297 cm³/mol. The van der Waals surface area contributed by atoms with E-state index in [0.29, 0.717) is 38.9 Å². The number of benzene rings is 6. The SMILES string of the molecule is Br.O=C1CC=CC=C1CCOC1=C([P+](c2ccccc2)(c2ccccc2)c2ccccc2)CCC1.O=C1CC=CC=C1CCOC1=C([P+](c2ccccc2)(c2ccccc2)c2ccccc2)CCC1. The monoisotopic (exact) mass is 1010 g/mol. The van der Waals surface area contributed by atoms with Gasteiger partial charge in [0.2, 0.25) is 0 Å². The summed E-state index contributed by atoms with van der Waals surface area (Å²) < 4.78 is 13.1. The first-order valence-corrected chi connectivity index (χ1v) is 27.8. The number of carbonyl (C=O) groups excluding carboxylic acids is 2. The Kier molecular flexibility index (Phi) is 17.2.